The quantitative estimate of drug-likeness (QED) is 0.650. The summed E-state index contributed by atoms with van der Waals surface area (Å²) in [6.45, 7) is 5.54. The van der Waals surface area contributed by atoms with Crippen LogP contribution in [0.2, 0.25) is 0 Å². The molecule has 1 N–H and O–H groups in total. The van der Waals surface area contributed by atoms with Gasteiger partial charge in [-0.05, 0) is 30.8 Å². The number of carbonyl (C=O) groups excluding carboxylic acids is 1. The molecule has 3 aromatic heterocycles. The lowest BCUT2D eigenvalue weighted by molar-refractivity contribution is -0.132. The summed E-state index contributed by atoms with van der Waals surface area (Å²) in [6, 6.07) is 0.807. The molecule has 31 heavy (non-hydrogen) atoms. The monoisotopic (exact) mass is 430 g/mol. The van der Waals surface area contributed by atoms with Crippen molar-refractivity contribution in [3.8, 4) is 0 Å². The van der Waals surface area contributed by atoms with Crippen molar-refractivity contribution in [3.05, 3.63) is 58.5 Å². The van der Waals surface area contributed by atoms with Crippen LogP contribution in [0.4, 0.5) is 8.78 Å². The first kappa shape index (κ1) is 21.0. The first-order valence-corrected chi connectivity index (χ1v) is 10.2. The number of hydrogen-bond donors (Lipinski definition) is 1. The zero-order chi connectivity index (χ0) is 22.1. The molecule has 1 aliphatic rings. The normalized spacial score (nSPS) is 15.0. The van der Waals surface area contributed by atoms with Gasteiger partial charge in [-0.3, -0.25) is 14.3 Å². The highest BCUT2D eigenvalue weighted by atomic mass is 19.2. The van der Waals surface area contributed by atoms with E-state index < -0.39 is 17.3 Å². The molecule has 4 heterocycles. The Balaban J connectivity index is 1.28. The number of piperidine rings is 1. The van der Waals surface area contributed by atoms with E-state index in [4.69, 9.17) is 0 Å². The Morgan fingerprint density at radius 3 is 2.74 bits per heavy atom. The van der Waals surface area contributed by atoms with Crippen molar-refractivity contribution < 1.29 is 13.6 Å². The number of hydrogen-bond acceptors (Lipinski definition) is 4. The Morgan fingerprint density at radius 2 is 2.06 bits per heavy atom. The van der Waals surface area contributed by atoms with Gasteiger partial charge < -0.3 is 9.88 Å². The number of H-pyrrole nitrogens is 1. The number of likely N-dealkylation sites (tertiary alicyclic amines) is 1. The largest absolute Gasteiger partial charge is 0.343 e. The van der Waals surface area contributed by atoms with Crippen LogP contribution in [-0.2, 0) is 18.3 Å². The lowest BCUT2D eigenvalue weighted by Gasteiger charge is -2.33. The fraction of sp³-hybridized carbons (Fsp3) is 0.429. The van der Waals surface area contributed by atoms with Gasteiger partial charge in [0.05, 0.1) is 6.20 Å². The molecule has 1 fully saturated rings. The number of fused-ring (bicyclic) bond motifs is 1. The van der Waals surface area contributed by atoms with Gasteiger partial charge in [0.15, 0.2) is 5.82 Å². The maximum Gasteiger partial charge on any atom is 0.275 e. The van der Waals surface area contributed by atoms with Gasteiger partial charge in [-0.1, -0.05) is 6.58 Å². The molecular formula is C21H24F2N6O2. The summed E-state index contributed by atoms with van der Waals surface area (Å²) in [4.78, 5) is 28.9. The van der Waals surface area contributed by atoms with Crippen LogP contribution in [0, 0.1) is 17.7 Å². The van der Waals surface area contributed by atoms with Crippen molar-refractivity contribution in [3.63, 3.8) is 0 Å². The summed E-state index contributed by atoms with van der Waals surface area (Å²) in [5, 5.41) is 8.12. The second kappa shape index (κ2) is 8.44. The highest BCUT2D eigenvalue weighted by molar-refractivity contribution is 5.76. The first-order valence-electron chi connectivity index (χ1n) is 10.2. The molecule has 0 radical (unpaired) electrons. The number of rotatable bonds is 6. The number of nitrogens with zero attached hydrogens (tertiary/aromatic N) is 5. The van der Waals surface area contributed by atoms with E-state index in [0.717, 1.165) is 30.0 Å². The molecule has 1 saturated heterocycles. The Kier molecular flexibility index (Phi) is 5.71. The van der Waals surface area contributed by atoms with Gasteiger partial charge in [0.2, 0.25) is 5.91 Å². The number of aryl methyl sites for hydroxylation is 2. The van der Waals surface area contributed by atoms with Gasteiger partial charge in [0.1, 0.15) is 11.3 Å². The van der Waals surface area contributed by atoms with Crippen molar-refractivity contribution in [2.24, 2.45) is 13.0 Å². The Hall–Kier alpha value is -3.30. The van der Waals surface area contributed by atoms with Crippen molar-refractivity contribution in [1.82, 2.24) is 29.3 Å². The van der Waals surface area contributed by atoms with Gasteiger partial charge in [-0.2, -0.15) is 19.1 Å². The molecule has 0 aromatic carbocycles. The SMILES string of the molecule is C=C(c1cnn(C)c1)C1CCN(C(=O)CCCc2nn3c(F)c(F)cc3c(=O)[nH]2)CC1. The number of carbonyl (C=O) groups is 1. The van der Waals surface area contributed by atoms with Crippen LogP contribution in [0.3, 0.4) is 0 Å². The molecule has 0 bridgehead atoms. The zero-order valence-electron chi connectivity index (χ0n) is 17.3. The number of amides is 1. The summed E-state index contributed by atoms with van der Waals surface area (Å²) in [5.41, 5.74) is 1.28. The molecule has 1 amide bonds. The average Bonchev–Trinajstić information content (AvgIpc) is 3.32. The minimum absolute atomic E-state index is 0.0343. The third-order valence-electron chi connectivity index (χ3n) is 5.81. The predicted octanol–water partition coefficient (Wildman–Crippen LogP) is 2.31. The van der Waals surface area contributed by atoms with E-state index >= 15 is 0 Å². The molecular weight excluding hydrogens is 406 g/mol. The van der Waals surface area contributed by atoms with E-state index in [0.29, 0.717) is 36.4 Å². The highest BCUT2D eigenvalue weighted by Gasteiger charge is 2.25. The smallest absolute Gasteiger partial charge is 0.275 e. The first-order chi connectivity index (χ1) is 14.8. The maximum absolute atomic E-state index is 13.7. The van der Waals surface area contributed by atoms with Crippen LogP contribution in [0.15, 0.2) is 29.8 Å². The minimum atomic E-state index is -1.20. The van der Waals surface area contributed by atoms with Crippen LogP contribution < -0.4 is 5.56 Å². The molecule has 4 rings (SSSR count). The zero-order valence-corrected chi connectivity index (χ0v) is 17.3. The predicted molar refractivity (Wildman–Crippen MR) is 110 cm³/mol. The lowest BCUT2D eigenvalue weighted by Crippen LogP contribution is -2.38. The summed E-state index contributed by atoms with van der Waals surface area (Å²) in [6.07, 6.45) is 6.48. The highest BCUT2D eigenvalue weighted by Crippen LogP contribution is 2.30. The number of halogens is 2. The molecule has 3 aromatic rings. The van der Waals surface area contributed by atoms with Crippen molar-refractivity contribution >= 4 is 17.0 Å². The Bertz CT molecular complexity index is 1190. The fourth-order valence-electron chi connectivity index (χ4n) is 4.03. The molecule has 10 heteroatoms. The van der Waals surface area contributed by atoms with Gasteiger partial charge in [-0.25, -0.2) is 4.39 Å². The summed E-state index contributed by atoms with van der Waals surface area (Å²) in [7, 11) is 1.87. The van der Waals surface area contributed by atoms with E-state index in [2.05, 4.69) is 21.8 Å². The van der Waals surface area contributed by atoms with E-state index in [1.165, 1.54) is 0 Å². The molecule has 0 spiro atoms. The van der Waals surface area contributed by atoms with E-state index in [9.17, 15) is 18.4 Å². The maximum atomic E-state index is 13.7. The van der Waals surface area contributed by atoms with Gasteiger partial charge >= 0.3 is 0 Å². The summed E-state index contributed by atoms with van der Waals surface area (Å²) in [5.74, 6) is -1.75. The van der Waals surface area contributed by atoms with E-state index in [1.807, 2.05) is 24.3 Å². The second-order valence-electron chi connectivity index (χ2n) is 7.92. The Morgan fingerprint density at radius 1 is 1.32 bits per heavy atom. The molecule has 0 aliphatic carbocycles. The fourth-order valence-corrected chi connectivity index (χ4v) is 4.03. The van der Waals surface area contributed by atoms with Crippen LogP contribution in [0.25, 0.3) is 11.1 Å². The summed E-state index contributed by atoms with van der Waals surface area (Å²) < 4.78 is 29.5. The summed E-state index contributed by atoms with van der Waals surface area (Å²) >= 11 is 0. The molecule has 0 saturated carbocycles. The molecule has 0 unspecified atom stereocenters. The minimum Gasteiger partial charge on any atom is -0.343 e. The standard InChI is InChI=1S/C21H24F2N6O2/c1-13(15-11-24-27(2)12-15)14-6-8-28(9-7-14)19(30)5-3-4-18-25-21(31)17-10-16(22)20(23)29(17)26-18/h10-12,14H,1,3-9H2,2H3,(H,25,26,31). The van der Waals surface area contributed by atoms with Gasteiger partial charge in [-0.15, -0.1) is 0 Å². The third kappa shape index (κ3) is 4.28. The third-order valence-corrected chi connectivity index (χ3v) is 5.81. The van der Waals surface area contributed by atoms with Crippen LogP contribution in [0.5, 0.6) is 0 Å². The molecule has 1 aliphatic heterocycles. The molecule has 0 atom stereocenters. The van der Waals surface area contributed by atoms with Crippen molar-refractivity contribution in [2.75, 3.05) is 13.1 Å². The van der Waals surface area contributed by atoms with Crippen LogP contribution >= 0.6 is 0 Å². The number of aromatic nitrogens is 5. The average molecular weight is 430 g/mol. The van der Waals surface area contributed by atoms with Crippen molar-refractivity contribution in [1.29, 1.82) is 0 Å². The van der Waals surface area contributed by atoms with Crippen LogP contribution in [0.1, 0.15) is 37.1 Å². The van der Waals surface area contributed by atoms with Gasteiger partial charge in [0.25, 0.3) is 11.5 Å². The van der Waals surface area contributed by atoms with Crippen LogP contribution in [-0.4, -0.2) is 48.3 Å². The van der Waals surface area contributed by atoms with E-state index in [1.54, 1.807) is 4.68 Å². The number of nitrogens with one attached hydrogen (secondary N) is 1. The molecule has 8 nitrogen and oxygen atoms in total. The lowest BCUT2D eigenvalue weighted by atomic mass is 9.87. The Labute approximate surface area is 177 Å². The van der Waals surface area contributed by atoms with Gasteiger partial charge in [0, 0.05) is 50.8 Å². The van der Waals surface area contributed by atoms with E-state index in [-0.39, 0.29) is 23.7 Å². The number of aromatic amines is 1. The number of allylic oxidation sites excluding steroid dienone is 1. The molecule has 164 valence electrons. The van der Waals surface area contributed by atoms with Crippen molar-refractivity contribution in [2.45, 2.75) is 32.1 Å². The topological polar surface area (TPSA) is 88.3 Å². The second-order valence-corrected chi connectivity index (χ2v) is 7.92.